The molecule has 0 fully saturated rings. The molecule has 0 unspecified atom stereocenters. The number of nitro benzene ring substituents is 1. The van der Waals surface area contributed by atoms with Gasteiger partial charge in [0.05, 0.1) is 22.0 Å². The Balaban J connectivity index is 1.54. The lowest BCUT2D eigenvalue weighted by molar-refractivity contribution is -0.385. The number of ether oxygens (including phenoxy) is 1. The number of nitro groups is 1. The van der Waals surface area contributed by atoms with Crippen molar-refractivity contribution in [1.29, 1.82) is 0 Å². The van der Waals surface area contributed by atoms with Gasteiger partial charge in [-0.2, -0.15) is 9.78 Å². The molecule has 9 heteroatoms. The smallest absolute Gasteiger partial charge is 0.311 e. The first-order chi connectivity index (χ1) is 17.4. The van der Waals surface area contributed by atoms with Gasteiger partial charge in [-0.3, -0.25) is 14.9 Å². The van der Waals surface area contributed by atoms with Gasteiger partial charge in [0.2, 0.25) is 5.75 Å². The highest BCUT2D eigenvalue weighted by Crippen LogP contribution is 2.31. The van der Waals surface area contributed by atoms with Crippen LogP contribution in [0.3, 0.4) is 0 Å². The molecule has 178 valence electrons. The molecule has 0 bridgehead atoms. The third-order valence-corrected chi connectivity index (χ3v) is 6.25. The number of hydrogen-bond acceptors (Lipinski definition) is 6. The fourth-order valence-corrected chi connectivity index (χ4v) is 4.39. The number of benzene rings is 4. The largest absolute Gasteiger partial charge is 0.481 e. The molecule has 0 saturated heterocycles. The maximum Gasteiger partial charge on any atom is 0.311 e. The van der Waals surface area contributed by atoms with Crippen LogP contribution in [0.5, 0.6) is 5.75 Å². The van der Waals surface area contributed by atoms with Crippen LogP contribution in [-0.2, 0) is 6.61 Å². The van der Waals surface area contributed by atoms with Gasteiger partial charge in [0.15, 0.2) is 0 Å². The molecule has 0 amide bonds. The number of rotatable bonds is 6. The van der Waals surface area contributed by atoms with Crippen LogP contribution in [0.25, 0.3) is 21.7 Å². The first-order valence-electron chi connectivity index (χ1n) is 11.0. The van der Waals surface area contributed by atoms with Crippen LogP contribution >= 0.6 is 15.9 Å². The number of aryl methyl sites for hydroxylation is 1. The molecule has 0 aliphatic carbocycles. The van der Waals surface area contributed by atoms with E-state index in [0.717, 1.165) is 20.8 Å². The van der Waals surface area contributed by atoms with Crippen LogP contribution in [0.2, 0.25) is 0 Å². The van der Waals surface area contributed by atoms with E-state index in [0.29, 0.717) is 22.3 Å². The Labute approximate surface area is 213 Å². The summed E-state index contributed by atoms with van der Waals surface area (Å²) < 4.78 is 7.93. The number of hydrogen-bond donors (Lipinski definition) is 0. The molecule has 1 aromatic heterocycles. The van der Waals surface area contributed by atoms with Crippen molar-refractivity contribution in [2.75, 3.05) is 0 Å². The second-order valence-electron chi connectivity index (χ2n) is 8.06. The Hall–Kier alpha value is -4.37. The van der Waals surface area contributed by atoms with Crippen molar-refractivity contribution in [1.82, 2.24) is 9.66 Å². The first-order valence-corrected chi connectivity index (χ1v) is 11.8. The third kappa shape index (κ3) is 4.48. The number of aromatic nitrogens is 2. The zero-order valence-electron chi connectivity index (χ0n) is 19.1. The van der Waals surface area contributed by atoms with Crippen molar-refractivity contribution < 1.29 is 9.66 Å². The van der Waals surface area contributed by atoms with E-state index in [-0.39, 0.29) is 23.6 Å². The number of fused-ring (bicyclic) bond motifs is 2. The van der Waals surface area contributed by atoms with E-state index in [1.165, 1.54) is 17.0 Å². The molecular formula is C27H19BrN4O4. The molecular weight excluding hydrogens is 524 g/mol. The second-order valence-corrected chi connectivity index (χ2v) is 8.98. The summed E-state index contributed by atoms with van der Waals surface area (Å²) in [6.45, 7) is 1.79. The second kappa shape index (κ2) is 9.71. The van der Waals surface area contributed by atoms with Crippen molar-refractivity contribution in [2.24, 2.45) is 5.10 Å². The predicted octanol–water partition coefficient (Wildman–Crippen LogP) is 5.99. The van der Waals surface area contributed by atoms with Gasteiger partial charge in [0.1, 0.15) is 12.4 Å². The van der Waals surface area contributed by atoms with Gasteiger partial charge in [-0.1, -0.05) is 64.5 Å². The van der Waals surface area contributed by atoms with Gasteiger partial charge in [-0.05, 0) is 47.5 Å². The Morgan fingerprint density at radius 1 is 1.06 bits per heavy atom. The summed E-state index contributed by atoms with van der Waals surface area (Å²) in [5, 5.41) is 18.5. The molecule has 8 nitrogen and oxygen atoms in total. The van der Waals surface area contributed by atoms with E-state index in [4.69, 9.17) is 4.74 Å². The number of para-hydroxylation sites is 1. The Bertz CT molecular complexity index is 1720. The highest BCUT2D eigenvalue weighted by molar-refractivity contribution is 9.10. The van der Waals surface area contributed by atoms with E-state index >= 15 is 0 Å². The zero-order chi connectivity index (χ0) is 25.2. The minimum absolute atomic E-state index is 0.0707. The summed E-state index contributed by atoms with van der Waals surface area (Å²) in [4.78, 5) is 28.8. The van der Waals surface area contributed by atoms with Crippen molar-refractivity contribution in [3.63, 3.8) is 0 Å². The topological polar surface area (TPSA) is 99.6 Å². The minimum Gasteiger partial charge on any atom is -0.481 e. The number of halogens is 1. The molecule has 1 heterocycles. The summed E-state index contributed by atoms with van der Waals surface area (Å²) in [7, 11) is 0. The summed E-state index contributed by atoms with van der Waals surface area (Å²) in [6.07, 6.45) is 1.38. The summed E-state index contributed by atoms with van der Waals surface area (Å²) in [6, 6.07) is 23.5. The molecule has 0 N–H and O–H groups in total. The van der Waals surface area contributed by atoms with Crippen LogP contribution in [0, 0.1) is 17.0 Å². The van der Waals surface area contributed by atoms with E-state index in [2.05, 4.69) is 26.0 Å². The van der Waals surface area contributed by atoms with Crippen molar-refractivity contribution in [2.45, 2.75) is 13.5 Å². The maximum absolute atomic E-state index is 13.1. The van der Waals surface area contributed by atoms with Crippen LogP contribution in [0.4, 0.5) is 5.69 Å². The lowest BCUT2D eigenvalue weighted by Crippen LogP contribution is -2.20. The minimum atomic E-state index is -0.498. The van der Waals surface area contributed by atoms with Crippen molar-refractivity contribution in [3.8, 4) is 5.75 Å². The van der Waals surface area contributed by atoms with Gasteiger partial charge >= 0.3 is 5.69 Å². The zero-order valence-corrected chi connectivity index (χ0v) is 20.7. The van der Waals surface area contributed by atoms with Crippen LogP contribution in [0.15, 0.2) is 93.2 Å². The van der Waals surface area contributed by atoms with Crippen LogP contribution in [0.1, 0.15) is 17.0 Å². The molecule has 0 spiro atoms. The quantitative estimate of drug-likeness (QED) is 0.149. The summed E-state index contributed by atoms with van der Waals surface area (Å²) in [5.74, 6) is 0.455. The molecule has 5 rings (SSSR count). The van der Waals surface area contributed by atoms with Crippen LogP contribution in [-0.4, -0.2) is 20.8 Å². The van der Waals surface area contributed by atoms with E-state index in [9.17, 15) is 14.9 Å². The summed E-state index contributed by atoms with van der Waals surface area (Å²) in [5.41, 5.74) is 1.28. The average molecular weight is 543 g/mol. The standard InChI is InChI=1S/C27H19BrN4O4/c1-17-30-24-13-12-21(28)14-23(24)27(33)31(17)29-15-19-8-5-11-25(32(34)35)26(19)36-16-20-9-4-7-18-6-2-3-10-22(18)20/h2-15H,16H2,1H3. The summed E-state index contributed by atoms with van der Waals surface area (Å²) >= 11 is 3.37. The molecule has 0 saturated carbocycles. The predicted molar refractivity (Wildman–Crippen MR) is 143 cm³/mol. The monoisotopic (exact) mass is 542 g/mol. The van der Waals surface area contributed by atoms with E-state index in [1.807, 2.05) is 48.5 Å². The third-order valence-electron chi connectivity index (χ3n) is 5.76. The maximum atomic E-state index is 13.1. The first kappa shape index (κ1) is 23.4. The fraction of sp³-hybridized carbons (Fsp3) is 0.0741. The van der Waals surface area contributed by atoms with Gasteiger partial charge < -0.3 is 4.74 Å². The Morgan fingerprint density at radius 2 is 1.83 bits per heavy atom. The normalized spacial score (nSPS) is 11.4. The van der Waals surface area contributed by atoms with Gasteiger partial charge in [0.25, 0.3) is 5.56 Å². The lowest BCUT2D eigenvalue weighted by Gasteiger charge is -2.12. The molecule has 0 aliphatic rings. The number of nitrogens with zero attached hydrogens (tertiary/aromatic N) is 4. The molecule has 0 radical (unpaired) electrons. The SMILES string of the molecule is Cc1nc2ccc(Br)cc2c(=O)n1N=Cc1cccc([N+](=O)[O-])c1OCc1cccc2ccccc12. The van der Waals surface area contributed by atoms with Gasteiger partial charge in [-0.25, -0.2) is 4.98 Å². The molecule has 5 aromatic rings. The Kier molecular flexibility index (Phi) is 6.30. The van der Waals surface area contributed by atoms with Gasteiger partial charge in [0, 0.05) is 16.1 Å². The highest BCUT2D eigenvalue weighted by Gasteiger charge is 2.19. The Morgan fingerprint density at radius 3 is 2.67 bits per heavy atom. The van der Waals surface area contributed by atoms with Gasteiger partial charge in [-0.15, -0.1) is 0 Å². The molecule has 36 heavy (non-hydrogen) atoms. The highest BCUT2D eigenvalue weighted by atomic mass is 79.9. The van der Waals surface area contributed by atoms with Crippen LogP contribution < -0.4 is 10.3 Å². The van der Waals surface area contributed by atoms with Crippen molar-refractivity contribution in [3.05, 3.63) is 121 Å². The van der Waals surface area contributed by atoms with E-state index in [1.54, 1.807) is 31.2 Å². The molecule has 0 aliphatic heterocycles. The van der Waals surface area contributed by atoms with Crippen molar-refractivity contribution >= 4 is 49.5 Å². The molecule has 0 atom stereocenters. The fourth-order valence-electron chi connectivity index (χ4n) is 4.03. The lowest BCUT2D eigenvalue weighted by atomic mass is 10.1. The average Bonchev–Trinajstić information content (AvgIpc) is 2.88. The van der Waals surface area contributed by atoms with E-state index < -0.39 is 4.92 Å². The molecule has 4 aromatic carbocycles.